The average Bonchev–Trinajstić information content (AvgIpc) is 2.69. The third-order valence-corrected chi connectivity index (χ3v) is 3.99. The van der Waals surface area contributed by atoms with Crippen LogP contribution in [0.2, 0.25) is 0 Å². The minimum atomic E-state index is -1.17. The van der Waals surface area contributed by atoms with E-state index in [0.29, 0.717) is 0 Å². The number of phenolic OH excluding ortho intramolecular Hbond substituents is 1. The monoisotopic (exact) mass is 299 g/mol. The number of rotatable bonds is 3. The fourth-order valence-corrected chi connectivity index (χ4v) is 2.74. The minimum Gasteiger partial charge on any atom is -0.503 e. The summed E-state index contributed by atoms with van der Waals surface area (Å²) in [6, 6.07) is 1.40. The van der Waals surface area contributed by atoms with Crippen LogP contribution in [0, 0.1) is 17.6 Å². The van der Waals surface area contributed by atoms with Crippen LogP contribution in [0.15, 0.2) is 12.1 Å². The molecule has 0 saturated heterocycles. The van der Waals surface area contributed by atoms with Gasteiger partial charge >= 0.3 is 0 Å². The standard InChI is InChI=1S/C15H19F2NO3/c16-11-6-10(7-12(17)14(11)20)15(21)18-13-5-3-1-2-4-9(13)8-19/h6-7,9,13,19-20H,1-5,8H2,(H,18,21)/t9-,13-/m1/s1. The van der Waals surface area contributed by atoms with Gasteiger partial charge in [-0.2, -0.15) is 0 Å². The molecule has 4 nitrogen and oxygen atoms in total. The normalized spacial score (nSPS) is 22.6. The van der Waals surface area contributed by atoms with Gasteiger partial charge in [0, 0.05) is 24.1 Å². The zero-order valence-corrected chi connectivity index (χ0v) is 11.6. The first-order valence-electron chi connectivity index (χ1n) is 7.12. The number of nitrogens with one attached hydrogen (secondary N) is 1. The van der Waals surface area contributed by atoms with E-state index >= 15 is 0 Å². The van der Waals surface area contributed by atoms with Crippen molar-refractivity contribution >= 4 is 5.91 Å². The second-order valence-corrected chi connectivity index (χ2v) is 5.45. The van der Waals surface area contributed by atoms with Crippen molar-refractivity contribution in [3.63, 3.8) is 0 Å². The van der Waals surface area contributed by atoms with E-state index in [-0.39, 0.29) is 24.1 Å². The van der Waals surface area contributed by atoms with Crippen LogP contribution in [0.3, 0.4) is 0 Å². The number of benzene rings is 1. The van der Waals surface area contributed by atoms with Gasteiger partial charge in [-0.25, -0.2) is 8.78 Å². The molecular weight excluding hydrogens is 280 g/mol. The highest BCUT2D eigenvalue weighted by Gasteiger charge is 2.25. The summed E-state index contributed by atoms with van der Waals surface area (Å²) in [6.07, 6.45) is 4.55. The van der Waals surface area contributed by atoms with Gasteiger partial charge in [0.1, 0.15) is 0 Å². The Kier molecular flexibility index (Phi) is 5.12. The van der Waals surface area contributed by atoms with E-state index in [1.54, 1.807) is 0 Å². The Bertz CT molecular complexity index is 499. The lowest BCUT2D eigenvalue weighted by Gasteiger charge is -2.24. The van der Waals surface area contributed by atoms with Gasteiger partial charge in [-0.15, -0.1) is 0 Å². The molecule has 1 aromatic rings. The maximum absolute atomic E-state index is 13.3. The first kappa shape index (κ1) is 15.7. The second-order valence-electron chi connectivity index (χ2n) is 5.45. The van der Waals surface area contributed by atoms with Crippen LogP contribution < -0.4 is 5.32 Å². The Hall–Kier alpha value is -1.69. The van der Waals surface area contributed by atoms with Gasteiger partial charge < -0.3 is 15.5 Å². The number of halogens is 2. The maximum Gasteiger partial charge on any atom is 0.251 e. The fraction of sp³-hybridized carbons (Fsp3) is 0.533. The van der Waals surface area contributed by atoms with Crippen molar-refractivity contribution < 1.29 is 23.8 Å². The number of carbonyl (C=O) groups is 1. The Balaban J connectivity index is 2.12. The number of hydrogen-bond donors (Lipinski definition) is 3. The Morgan fingerprint density at radius 3 is 2.43 bits per heavy atom. The SMILES string of the molecule is O=C(N[C@@H]1CCCCC[C@@H]1CO)c1cc(F)c(O)c(F)c1. The number of aromatic hydroxyl groups is 1. The molecule has 116 valence electrons. The molecule has 0 unspecified atom stereocenters. The summed E-state index contributed by atoms with van der Waals surface area (Å²) in [4.78, 5) is 12.1. The van der Waals surface area contributed by atoms with Crippen molar-refractivity contribution in [2.45, 2.75) is 38.1 Å². The molecule has 1 aliphatic carbocycles. The zero-order valence-electron chi connectivity index (χ0n) is 11.6. The molecule has 0 radical (unpaired) electrons. The minimum absolute atomic E-state index is 0.0246. The summed E-state index contributed by atoms with van der Waals surface area (Å²) in [5, 5.41) is 21.2. The van der Waals surface area contributed by atoms with Crippen LogP contribution in [0.4, 0.5) is 8.78 Å². The Labute approximate surface area is 121 Å². The Morgan fingerprint density at radius 1 is 1.19 bits per heavy atom. The molecule has 0 aromatic heterocycles. The third kappa shape index (κ3) is 3.69. The van der Waals surface area contributed by atoms with Crippen molar-refractivity contribution in [1.29, 1.82) is 0 Å². The number of aliphatic hydroxyl groups excluding tert-OH is 1. The van der Waals surface area contributed by atoms with Gasteiger partial charge in [0.05, 0.1) is 0 Å². The number of phenols is 1. The molecule has 0 spiro atoms. The highest BCUT2D eigenvalue weighted by Crippen LogP contribution is 2.25. The van der Waals surface area contributed by atoms with E-state index < -0.39 is 23.3 Å². The summed E-state index contributed by atoms with van der Waals surface area (Å²) in [7, 11) is 0. The molecule has 6 heteroatoms. The van der Waals surface area contributed by atoms with Crippen molar-refractivity contribution in [3.05, 3.63) is 29.3 Å². The van der Waals surface area contributed by atoms with Gasteiger partial charge in [0.25, 0.3) is 5.91 Å². The zero-order chi connectivity index (χ0) is 15.4. The molecule has 2 atom stereocenters. The lowest BCUT2D eigenvalue weighted by molar-refractivity contribution is 0.0898. The molecule has 1 amide bonds. The molecule has 21 heavy (non-hydrogen) atoms. The van der Waals surface area contributed by atoms with Crippen LogP contribution in [0.1, 0.15) is 42.5 Å². The summed E-state index contributed by atoms with van der Waals surface area (Å²) in [5.74, 6) is -4.06. The Morgan fingerprint density at radius 2 is 1.81 bits per heavy atom. The molecule has 0 aliphatic heterocycles. The van der Waals surface area contributed by atoms with E-state index in [0.717, 1.165) is 44.2 Å². The van der Waals surface area contributed by atoms with Crippen LogP contribution in [-0.4, -0.2) is 28.8 Å². The quantitative estimate of drug-likeness (QED) is 0.750. The molecule has 0 heterocycles. The molecule has 1 aliphatic rings. The topological polar surface area (TPSA) is 69.6 Å². The van der Waals surface area contributed by atoms with Gasteiger partial charge in [-0.3, -0.25) is 4.79 Å². The van der Waals surface area contributed by atoms with Crippen LogP contribution in [0.25, 0.3) is 0 Å². The van der Waals surface area contributed by atoms with Crippen LogP contribution in [0.5, 0.6) is 5.75 Å². The molecule has 1 fully saturated rings. The largest absolute Gasteiger partial charge is 0.503 e. The first-order valence-corrected chi connectivity index (χ1v) is 7.12. The van der Waals surface area contributed by atoms with Crippen molar-refractivity contribution in [2.75, 3.05) is 6.61 Å². The number of amides is 1. The first-order chi connectivity index (χ1) is 10.0. The van der Waals surface area contributed by atoms with Gasteiger partial charge in [0.15, 0.2) is 17.4 Å². The van der Waals surface area contributed by atoms with E-state index in [9.17, 15) is 18.7 Å². The lowest BCUT2D eigenvalue weighted by atomic mass is 9.95. The average molecular weight is 299 g/mol. The summed E-state index contributed by atoms with van der Waals surface area (Å²) in [6.45, 7) is -0.0246. The van der Waals surface area contributed by atoms with E-state index in [4.69, 9.17) is 5.11 Å². The van der Waals surface area contributed by atoms with Crippen LogP contribution in [-0.2, 0) is 0 Å². The third-order valence-electron chi connectivity index (χ3n) is 3.99. The maximum atomic E-state index is 13.3. The molecular formula is C15H19F2NO3. The van der Waals surface area contributed by atoms with E-state index in [1.807, 2.05) is 0 Å². The van der Waals surface area contributed by atoms with Crippen molar-refractivity contribution in [3.8, 4) is 5.75 Å². The summed E-state index contributed by atoms with van der Waals surface area (Å²) in [5.41, 5.74) is -0.177. The summed E-state index contributed by atoms with van der Waals surface area (Å²) >= 11 is 0. The lowest BCUT2D eigenvalue weighted by Crippen LogP contribution is -2.41. The second kappa shape index (κ2) is 6.85. The molecule has 0 bridgehead atoms. The molecule has 3 N–H and O–H groups in total. The van der Waals surface area contributed by atoms with E-state index in [2.05, 4.69) is 5.32 Å². The van der Waals surface area contributed by atoms with E-state index in [1.165, 1.54) is 0 Å². The van der Waals surface area contributed by atoms with Crippen molar-refractivity contribution in [1.82, 2.24) is 5.32 Å². The molecule has 1 aromatic carbocycles. The molecule has 1 saturated carbocycles. The smallest absolute Gasteiger partial charge is 0.251 e. The van der Waals surface area contributed by atoms with Crippen molar-refractivity contribution in [2.24, 2.45) is 5.92 Å². The number of aliphatic hydroxyl groups is 1. The predicted molar refractivity (Wildman–Crippen MR) is 72.9 cm³/mol. The number of carbonyl (C=O) groups excluding carboxylic acids is 1. The number of hydrogen-bond acceptors (Lipinski definition) is 3. The van der Waals surface area contributed by atoms with Gasteiger partial charge in [-0.1, -0.05) is 19.3 Å². The predicted octanol–water partition coefficient (Wildman–Crippen LogP) is 2.34. The highest BCUT2D eigenvalue weighted by atomic mass is 19.1. The van der Waals surface area contributed by atoms with Crippen LogP contribution >= 0.6 is 0 Å². The fourth-order valence-electron chi connectivity index (χ4n) is 2.74. The summed E-state index contributed by atoms with van der Waals surface area (Å²) < 4.78 is 26.6. The van der Waals surface area contributed by atoms with Gasteiger partial charge in [-0.05, 0) is 25.0 Å². The highest BCUT2D eigenvalue weighted by molar-refractivity contribution is 5.94. The molecule has 2 rings (SSSR count). The van der Waals surface area contributed by atoms with Gasteiger partial charge in [0.2, 0.25) is 0 Å².